The number of amides is 1. The van der Waals surface area contributed by atoms with Crippen LogP contribution in [0.3, 0.4) is 0 Å². The van der Waals surface area contributed by atoms with E-state index in [2.05, 4.69) is 5.32 Å². The molecule has 6 nitrogen and oxygen atoms in total. The maximum atomic E-state index is 13.4. The lowest BCUT2D eigenvalue weighted by Gasteiger charge is -2.12. The highest BCUT2D eigenvalue weighted by atomic mass is 35.5. The molecule has 0 fully saturated rings. The van der Waals surface area contributed by atoms with Crippen LogP contribution >= 0.6 is 11.6 Å². The standard InChI is InChI=1S/C25H22ClN3O3/c1-16-21(26)10-7-11-22(16)27-25(30)20-15-29(17-8-5-4-6-9-17)28-24(20)19-14-18(31-2)12-13-23(19)32-3/h4-15H,1-3H3,(H,27,30). The molecule has 32 heavy (non-hydrogen) atoms. The Hall–Kier alpha value is -3.77. The molecule has 0 aliphatic carbocycles. The van der Waals surface area contributed by atoms with Crippen molar-refractivity contribution in [3.8, 4) is 28.4 Å². The second-order valence-electron chi connectivity index (χ2n) is 7.10. The minimum Gasteiger partial charge on any atom is -0.497 e. The van der Waals surface area contributed by atoms with E-state index in [-0.39, 0.29) is 5.91 Å². The second kappa shape index (κ2) is 9.16. The summed E-state index contributed by atoms with van der Waals surface area (Å²) >= 11 is 6.23. The van der Waals surface area contributed by atoms with Gasteiger partial charge in [0.05, 0.1) is 25.5 Å². The van der Waals surface area contributed by atoms with E-state index in [1.165, 1.54) is 0 Å². The molecule has 4 aromatic rings. The first kappa shape index (κ1) is 21.5. The fourth-order valence-electron chi connectivity index (χ4n) is 3.38. The fraction of sp³-hybridized carbons (Fsp3) is 0.120. The van der Waals surface area contributed by atoms with E-state index in [4.69, 9.17) is 26.2 Å². The molecule has 7 heteroatoms. The Morgan fingerprint density at radius 3 is 2.50 bits per heavy atom. The molecular weight excluding hydrogens is 426 g/mol. The zero-order valence-corrected chi connectivity index (χ0v) is 18.7. The number of carbonyl (C=O) groups excluding carboxylic acids is 1. The average molecular weight is 448 g/mol. The molecule has 0 unspecified atom stereocenters. The fourth-order valence-corrected chi connectivity index (χ4v) is 3.56. The summed E-state index contributed by atoms with van der Waals surface area (Å²) in [6, 6.07) is 20.4. The Morgan fingerprint density at radius 2 is 1.78 bits per heavy atom. The maximum Gasteiger partial charge on any atom is 0.259 e. The summed E-state index contributed by atoms with van der Waals surface area (Å²) in [5.74, 6) is 0.904. The van der Waals surface area contributed by atoms with Crippen LogP contribution in [0.15, 0.2) is 72.9 Å². The number of anilines is 1. The smallest absolute Gasteiger partial charge is 0.259 e. The topological polar surface area (TPSA) is 65.4 Å². The third-order valence-corrected chi connectivity index (χ3v) is 5.57. The molecule has 0 radical (unpaired) electrons. The number of ether oxygens (including phenoxy) is 2. The van der Waals surface area contributed by atoms with E-state index >= 15 is 0 Å². The van der Waals surface area contributed by atoms with Gasteiger partial charge in [-0.1, -0.05) is 35.9 Å². The van der Waals surface area contributed by atoms with Crippen LogP contribution in [-0.4, -0.2) is 29.9 Å². The molecule has 1 heterocycles. The molecule has 0 spiro atoms. The van der Waals surface area contributed by atoms with Gasteiger partial charge in [0.15, 0.2) is 0 Å². The number of halogens is 1. The molecule has 3 aromatic carbocycles. The molecule has 1 amide bonds. The minimum absolute atomic E-state index is 0.308. The van der Waals surface area contributed by atoms with Gasteiger partial charge >= 0.3 is 0 Å². The van der Waals surface area contributed by atoms with Gasteiger partial charge in [0.2, 0.25) is 0 Å². The number of nitrogens with zero attached hydrogens (tertiary/aromatic N) is 2. The van der Waals surface area contributed by atoms with Crippen molar-refractivity contribution < 1.29 is 14.3 Å². The number of aromatic nitrogens is 2. The largest absolute Gasteiger partial charge is 0.497 e. The number of hydrogen-bond donors (Lipinski definition) is 1. The maximum absolute atomic E-state index is 13.4. The second-order valence-corrected chi connectivity index (χ2v) is 7.51. The molecule has 0 saturated carbocycles. The van der Waals surface area contributed by atoms with Gasteiger partial charge in [-0.25, -0.2) is 4.68 Å². The molecule has 0 aliphatic rings. The Morgan fingerprint density at radius 1 is 1.00 bits per heavy atom. The number of para-hydroxylation sites is 1. The summed E-state index contributed by atoms with van der Waals surface area (Å²) in [6.07, 6.45) is 1.71. The summed E-state index contributed by atoms with van der Waals surface area (Å²) in [5, 5.41) is 8.27. The van der Waals surface area contributed by atoms with Gasteiger partial charge in [-0.05, 0) is 55.0 Å². The van der Waals surface area contributed by atoms with Gasteiger partial charge in [0.1, 0.15) is 17.2 Å². The van der Waals surface area contributed by atoms with Crippen molar-refractivity contribution >= 4 is 23.2 Å². The highest BCUT2D eigenvalue weighted by Gasteiger charge is 2.22. The van der Waals surface area contributed by atoms with E-state index in [0.717, 1.165) is 11.3 Å². The van der Waals surface area contributed by atoms with E-state index < -0.39 is 0 Å². The van der Waals surface area contributed by atoms with Gasteiger partial charge in [0.25, 0.3) is 5.91 Å². The molecular formula is C25H22ClN3O3. The predicted molar refractivity (Wildman–Crippen MR) is 126 cm³/mol. The van der Waals surface area contributed by atoms with Crippen molar-refractivity contribution in [2.45, 2.75) is 6.92 Å². The van der Waals surface area contributed by atoms with E-state index in [1.54, 1.807) is 55.4 Å². The Labute approximate surface area is 191 Å². The van der Waals surface area contributed by atoms with E-state index in [0.29, 0.717) is 39.0 Å². The SMILES string of the molecule is COc1ccc(OC)c(-c2nn(-c3ccccc3)cc2C(=O)Nc2cccc(Cl)c2C)c1. The number of hydrogen-bond acceptors (Lipinski definition) is 4. The summed E-state index contributed by atoms with van der Waals surface area (Å²) < 4.78 is 12.6. The normalized spacial score (nSPS) is 10.6. The predicted octanol–water partition coefficient (Wildman–Crippen LogP) is 5.77. The lowest BCUT2D eigenvalue weighted by atomic mass is 10.1. The van der Waals surface area contributed by atoms with Crippen molar-refractivity contribution in [3.63, 3.8) is 0 Å². The molecule has 0 atom stereocenters. The number of benzene rings is 3. The van der Waals surface area contributed by atoms with E-state index in [1.807, 2.05) is 43.3 Å². The first-order valence-electron chi connectivity index (χ1n) is 9.95. The van der Waals surface area contributed by atoms with Crippen LogP contribution in [0.5, 0.6) is 11.5 Å². The first-order chi connectivity index (χ1) is 15.5. The Kier molecular flexibility index (Phi) is 6.14. The minimum atomic E-state index is -0.308. The van der Waals surface area contributed by atoms with E-state index in [9.17, 15) is 4.79 Å². The third-order valence-electron chi connectivity index (χ3n) is 5.16. The van der Waals surface area contributed by atoms with Crippen molar-refractivity contribution in [3.05, 3.63) is 89.1 Å². The van der Waals surface area contributed by atoms with Crippen LogP contribution in [0.25, 0.3) is 16.9 Å². The van der Waals surface area contributed by atoms with Crippen LogP contribution in [-0.2, 0) is 0 Å². The number of rotatable bonds is 6. The highest BCUT2D eigenvalue weighted by Crippen LogP contribution is 2.35. The zero-order chi connectivity index (χ0) is 22.7. The number of nitrogens with one attached hydrogen (secondary N) is 1. The molecule has 162 valence electrons. The highest BCUT2D eigenvalue weighted by molar-refractivity contribution is 6.31. The molecule has 0 saturated heterocycles. The van der Waals surface area contributed by atoms with Gasteiger partial charge in [-0.15, -0.1) is 0 Å². The zero-order valence-electron chi connectivity index (χ0n) is 17.9. The number of carbonyl (C=O) groups is 1. The molecule has 1 N–H and O–H groups in total. The lowest BCUT2D eigenvalue weighted by molar-refractivity contribution is 0.102. The van der Waals surface area contributed by atoms with Crippen LogP contribution in [0, 0.1) is 6.92 Å². The van der Waals surface area contributed by atoms with Crippen molar-refractivity contribution in [2.24, 2.45) is 0 Å². The number of methoxy groups -OCH3 is 2. The Bertz CT molecular complexity index is 1270. The van der Waals surface area contributed by atoms with Crippen LogP contribution in [0.1, 0.15) is 15.9 Å². The van der Waals surface area contributed by atoms with Crippen molar-refractivity contribution in [1.29, 1.82) is 0 Å². The monoisotopic (exact) mass is 447 g/mol. The van der Waals surface area contributed by atoms with Crippen molar-refractivity contribution in [1.82, 2.24) is 9.78 Å². The summed E-state index contributed by atoms with van der Waals surface area (Å²) in [4.78, 5) is 13.4. The quantitative estimate of drug-likeness (QED) is 0.407. The van der Waals surface area contributed by atoms with Gasteiger partial charge in [-0.2, -0.15) is 5.10 Å². The first-order valence-corrected chi connectivity index (χ1v) is 10.3. The van der Waals surface area contributed by atoms with Gasteiger partial charge < -0.3 is 14.8 Å². The van der Waals surface area contributed by atoms with Crippen LogP contribution < -0.4 is 14.8 Å². The van der Waals surface area contributed by atoms with Crippen molar-refractivity contribution in [2.75, 3.05) is 19.5 Å². The van der Waals surface area contributed by atoms with Gasteiger partial charge in [0, 0.05) is 22.5 Å². The lowest BCUT2D eigenvalue weighted by Crippen LogP contribution is -2.13. The Balaban J connectivity index is 1.85. The summed E-state index contributed by atoms with van der Waals surface area (Å²) in [5.41, 5.74) is 3.77. The summed E-state index contributed by atoms with van der Waals surface area (Å²) in [7, 11) is 3.16. The molecule has 0 bridgehead atoms. The summed E-state index contributed by atoms with van der Waals surface area (Å²) in [6.45, 7) is 1.86. The molecule has 1 aromatic heterocycles. The average Bonchev–Trinajstić information content (AvgIpc) is 3.27. The third kappa shape index (κ3) is 4.18. The molecule has 0 aliphatic heterocycles. The van der Waals surface area contributed by atoms with Gasteiger partial charge in [-0.3, -0.25) is 4.79 Å². The van der Waals surface area contributed by atoms with Crippen LogP contribution in [0.2, 0.25) is 5.02 Å². The molecule has 4 rings (SSSR count). The van der Waals surface area contributed by atoms with Crippen LogP contribution in [0.4, 0.5) is 5.69 Å².